The average Bonchev–Trinajstić information content (AvgIpc) is 2.47. The molecule has 3 N–H and O–H groups in total. The Bertz CT molecular complexity index is 595. The number of aromatic nitrogens is 1. The van der Waals surface area contributed by atoms with Gasteiger partial charge in [-0.2, -0.15) is 0 Å². The van der Waals surface area contributed by atoms with Crippen LogP contribution >= 0.6 is 0 Å². The van der Waals surface area contributed by atoms with Gasteiger partial charge in [0.05, 0.1) is 5.52 Å². The maximum absolute atomic E-state index is 5.85. The van der Waals surface area contributed by atoms with Crippen LogP contribution in [0, 0.1) is 11.8 Å². The van der Waals surface area contributed by atoms with Crippen LogP contribution in [0.1, 0.15) is 24.9 Å². The fraction of sp³-hybridized carbons (Fsp3) is 0.312. The highest BCUT2D eigenvalue weighted by Gasteiger charge is 2.08. The molecule has 0 fully saturated rings. The molecule has 0 radical (unpaired) electrons. The van der Waals surface area contributed by atoms with Crippen LogP contribution in [0.5, 0.6) is 0 Å². The summed E-state index contributed by atoms with van der Waals surface area (Å²) in [7, 11) is 0. The zero-order valence-electron chi connectivity index (χ0n) is 11.2. The monoisotopic (exact) mass is 253 g/mol. The molecule has 1 aromatic heterocycles. The van der Waals surface area contributed by atoms with Crippen molar-refractivity contribution < 1.29 is 0 Å². The maximum Gasteiger partial charge on any atom is 0.0702 e. The lowest BCUT2D eigenvalue weighted by atomic mass is 10.0. The van der Waals surface area contributed by atoms with E-state index in [2.05, 4.69) is 40.3 Å². The molecule has 19 heavy (non-hydrogen) atoms. The third kappa shape index (κ3) is 3.54. The second-order valence-electron chi connectivity index (χ2n) is 4.37. The lowest BCUT2D eigenvalue weighted by Gasteiger charge is -2.17. The molecule has 1 unspecified atom stereocenters. The molecule has 2 aromatic rings. The molecule has 98 valence electrons. The van der Waals surface area contributed by atoms with Gasteiger partial charge in [-0.25, -0.2) is 0 Å². The zero-order valence-corrected chi connectivity index (χ0v) is 11.2. The van der Waals surface area contributed by atoms with Gasteiger partial charge in [-0.05, 0) is 30.7 Å². The normalized spacial score (nSPS) is 11.9. The lowest BCUT2D eigenvalue weighted by Crippen LogP contribution is -2.28. The summed E-state index contributed by atoms with van der Waals surface area (Å²) in [5.74, 6) is 5.94. The highest BCUT2D eigenvalue weighted by molar-refractivity contribution is 5.79. The highest BCUT2D eigenvalue weighted by atomic mass is 14.9. The highest BCUT2D eigenvalue weighted by Crippen LogP contribution is 2.18. The predicted octanol–water partition coefficient (Wildman–Crippen LogP) is 2.24. The number of hydrogen-bond donors (Lipinski definition) is 2. The van der Waals surface area contributed by atoms with Crippen molar-refractivity contribution in [3.63, 3.8) is 0 Å². The molecule has 2 rings (SSSR count). The van der Waals surface area contributed by atoms with Gasteiger partial charge < -0.3 is 11.1 Å². The van der Waals surface area contributed by atoms with Crippen LogP contribution in [0.3, 0.4) is 0 Å². The molecule has 1 aromatic carbocycles. The summed E-state index contributed by atoms with van der Waals surface area (Å²) in [6.45, 7) is 3.29. The first-order chi connectivity index (χ1) is 9.35. The molecule has 1 atom stereocenters. The molecule has 0 spiro atoms. The molecule has 1 heterocycles. The number of rotatable bonds is 5. The van der Waals surface area contributed by atoms with E-state index < -0.39 is 0 Å². The number of fused-ring (bicyclic) bond motifs is 1. The number of nitrogens with one attached hydrogen (secondary N) is 1. The van der Waals surface area contributed by atoms with Crippen molar-refractivity contribution in [3.05, 3.63) is 42.1 Å². The second kappa shape index (κ2) is 6.89. The van der Waals surface area contributed by atoms with E-state index in [0.717, 1.165) is 23.9 Å². The third-order valence-corrected chi connectivity index (χ3v) is 3.08. The number of benzene rings is 1. The summed E-state index contributed by atoms with van der Waals surface area (Å²) in [6, 6.07) is 10.5. The first-order valence-corrected chi connectivity index (χ1v) is 6.53. The minimum Gasteiger partial charge on any atom is -0.329 e. The van der Waals surface area contributed by atoms with Crippen molar-refractivity contribution >= 4 is 10.9 Å². The van der Waals surface area contributed by atoms with E-state index in [0.29, 0.717) is 6.54 Å². The average molecular weight is 253 g/mol. The van der Waals surface area contributed by atoms with Crippen LogP contribution in [0.15, 0.2) is 36.5 Å². The molecule has 3 nitrogen and oxygen atoms in total. The number of pyridine rings is 1. The van der Waals surface area contributed by atoms with Gasteiger partial charge in [0.2, 0.25) is 0 Å². The fourth-order valence-electron chi connectivity index (χ4n) is 2.08. The van der Waals surface area contributed by atoms with Crippen molar-refractivity contribution in [2.75, 3.05) is 13.1 Å². The SMILES string of the molecule is CC#CCCNC(CN)c1ccc2ncccc2c1. The van der Waals surface area contributed by atoms with E-state index in [1.165, 1.54) is 5.56 Å². The Labute approximate surface area is 114 Å². The van der Waals surface area contributed by atoms with Gasteiger partial charge in [-0.15, -0.1) is 11.8 Å². The summed E-state index contributed by atoms with van der Waals surface area (Å²) in [5.41, 5.74) is 8.06. The summed E-state index contributed by atoms with van der Waals surface area (Å²) < 4.78 is 0. The van der Waals surface area contributed by atoms with Crippen molar-refractivity contribution in [1.82, 2.24) is 10.3 Å². The Morgan fingerprint density at radius 1 is 1.37 bits per heavy atom. The molecule has 0 saturated carbocycles. The Balaban J connectivity index is 2.12. The Hall–Kier alpha value is -1.89. The number of hydrogen-bond acceptors (Lipinski definition) is 3. The predicted molar refractivity (Wildman–Crippen MR) is 79.6 cm³/mol. The smallest absolute Gasteiger partial charge is 0.0702 e. The van der Waals surface area contributed by atoms with Gasteiger partial charge >= 0.3 is 0 Å². The van der Waals surface area contributed by atoms with Gasteiger partial charge in [0.15, 0.2) is 0 Å². The first kappa shape index (κ1) is 13.5. The largest absolute Gasteiger partial charge is 0.329 e. The van der Waals surface area contributed by atoms with Gasteiger partial charge in [0, 0.05) is 37.1 Å². The molecule has 0 bridgehead atoms. The van der Waals surface area contributed by atoms with E-state index in [1.807, 2.05) is 25.3 Å². The van der Waals surface area contributed by atoms with Gasteiger partial charge in [-0.3, -0.25) is 4.98 Å². The van der Waals surface area contributed by atoms with E-state index in [9.17, 15) is 0 Å². The van der Waals surface area contributed by atoms with Crippen molar-refractivity contribution in [1.29, 1.82) is 0 Å². The van der Waals surface area contributed by atoms with Crippen LogP contribution in [0.2, 0.25) is 0 Å². The second-order valence-corrected chi connectivity index (χ2v) is 4.37. The van der Waals surface area contributed by atoms with Crippen LogP contribution < -0.4 is 11.1 Å². The fourth-order valence-corrected chi connectivity index (χ4v) is 2.08. The minimum atomic E-state index is 0.170. The van der Waals surface area contributed by atoms with Crippen LogP contribution in [-0.4, -0.2) is 18.1 Å². The van der Waals surface area contributed by atoms with Crippen LogP contribution in [0.25, 0.3) is 10.9 Å². The van der Waals surface area contributed by atoms with E-state index in [1.54, 1.807) is 0 Å². The van der Waals surface area contributed by atoms with Crippen molar-refractivity contribution in [3.8, 4) is 11.8 Å². The Morgan fingerprint density at radius 3 is 3.05 bits per heavy atom. The van der Waals surface area contributed by atoms with E-state index >= 15 is 0 Å². The third-order valence-electron chi connectivity index (χ3n) is 3.08. The van der Waals surface area contributed by atoms with Gasteiger partial charge in [-0.1, -0.05) is 12.1 Å². The number of nitrogens with two attached hydrogens (primary N) is 1. The van der Waals surface area contributed by atoms with Gasteiger partial charge in [0.25, 0.3) is 0 Å². The first-order valence-electron chi connectivity index (χ1n) is 6.53. The van der Waals surface area contributed by atoms with Crippen molar-refractivity contribution in [2.45, 2.75) is 19.4 Å². The molecule has 3 heteroatoms. The molecule has 0 aliphatic carbocycles. The molecule has 0 aliphatic rings. The van der Waals surface area contributed by atoms with E-state index in [-0.39, 0.29) is 6.04 Å². The topological polar surface area (TPSA) is 50.9 Å². The Morgan fingerprint density at radius 2 is 2.26 bits per heavy atom. The quantitative estimate of drug-likeness (QED) is 0.634. The summed E-state index contributed by atoms with van der Waals surface area (Å²) in [6.07, 6.45) is 2.66. The maximum atomic E-state index is 5.85. The summed E-state index contributed by atoms with van der Waals surface area (Å²) >= 11 is 0. The molecule has 0 amide bonds. The Kier molecular flexibility index (Phi) is 4.91. The standard InChI is InChI=1S/C16H19N3/c1-2-3-4-9-19-16(12-17)14-7-8-15-13(11-14)6-5-10-18-15/h5-8,10-11,16,19H,4,9,12,17H2,1H3. The van der Waals surface area contributed by atoms with Crippen molar-refractivity contribution in [2.24, 2.45) is 5.73 Å². The molecular formula is C16H19N3. The zero-order chi connectivity index (χ0) is 13.5. The summed E-state index contributed by atoms with van der Waals surface area (Å²) in [5, 5.41) is 4.58. The molecular weight excluding hydrogens is 234 g/mol. The number of nitrogens with zero attached hydrogens (tertiary/aromatic N) is 1. The molecule has 0 aliphatic heterocycles. The summed E-state index contributed by atoms with van der Waals surface area (Å²) in [4.78, 5) is 4.32. The van der Waals surface area contributed by atoms with Gasteiger partial charge in [0.1, 0.15) is 0 Å². The minimum absolute atomic E-state index is 0.170. The lowest BCUT2D eigenvalue weighted by molar-refractivity contribution is 0.551. The van der Waals surface area contributed by atoms with Crippen LogP contribution in [-0.2, 0) is 0 Å². The molecule has 0 saturated heterocycles. The van der Waals surface area contributed by atoms with E-state index in [4.69, 9.17) is 5.73 Å². The van der Waals surface area contributed by atoms with Crippen LogP contribution in [0.4, 0.5) is 0 Å².